The average Bonchev–Trinajstić information content (AvgIpc) is 2.79. The summed E-state index contributed by atoms with van der Waals surface area (Å²) < 4.78 is 0. The van der Waals surface area contributed by atoms with Gasteiger partial charge in [-0.2, -0.15) is 0 Å². The van der Waals surface area contributed by atoms with Gasteiger partial charge in [0, 0.05) is 16.8 Å². The van der Waals surface area contributed by atoms with E-state index in [1.165, 1.54) is 38.6 Å². The molecule has 0 radical (unpaired) electrons. The Labute approximate surface area is 171 Å². The largest absolute Gasteiger partial charge is 0.252 e. The van der Waals surface area contributed by atoms with E-state index in [9.17, 15) is 0 Å². The van der Waals surface area contributed by atoms with Crippen LogP contribution in [0.4, 0.5) is 0 Å². The van der Waals surface area contributed by atoms with E-state index in [4.69, 9.17) is 4.98 Å². The van der Waals surface area contributed by atoms with Crippen molar-refractivity contribution in [2.45, 2.75) is 6.92 Å². The zero-order valence-electron chi connectivity index (χ0n) is 16.3. The van der Waals surface area contributed by atoms with E-state index in [2.05, 4.69) is 116 Å². The topological polar surface area (TPSA) is 12.9 Å². The second-order valence-corrected chi connectivity index (χ2v) is 7.27. The van der Waals surface area contributed by atoms with Gasteiger partial charge in [0.15, 0.2) is 0 Å². The van der Waals surface area contributed by atoms with Gasteiger partial charge in [-0.05, 0) is 40.5 Å². The van der Waals surface area contributed by atoms with Crippen LogP contribution in [0.2, 0.25) is 0 Å². The lowest BCUT2D eigenvalue weighted by atomic mass is 9.91. The highest BCUT2D eigenvalue weighted by Gasteiger charge is 2.15. The summed E-state index contributed by atoms with van der Waals surface area (Å²) in [7, 11) is 0. The highest BCUT2D eigenvalue weighted by Crippen LogP contribution is 2.38. The van der Waals surface area contributed by atoms with Gasteiger partial charge in [-0.25, -0.2) is 0 Å². The van der Waals surface area contributed by atoms with Crippen LogP contribution in [0, 0.1) is 6.92 Å². The molecule has 0 saturated carbocycles. The lowest BCUT2D eigenvalue weighted by Crippen LogP contribution is -1.96. The fourth-order valence-electron chi connectivity index (χ4n) is 4.07. The summed E-state index contributed by atoms with van der Waals surface area (Å²) in [6.07, 6.45) is 0. The predicted molar refractivity (Wildman–Crippen MR) is 123 cm³/mol. The van der Waals surface area contributed by atoms with Crippen LogP contribution in [0.1, 0.15) is 5.69 Å². The molecule has 0 aliphatic heterocycles. The maximum Gasteiger partial charge on any atom is 0.0718 e. The van der Waals surface area contributed by atoms with Crippen LogP contribution in [0.25, 0.3) is 44.3 Å². The van der Waals surface area contributed by atoms with Gasteiger partial charge in [-0.3, -0.25) is 4.98 Å². The molecule has 1 aromatic heterocycles. The summed E-state index contributed by atoms with van der Waals surface area (Å²) in [6.45, 7) is 2.11. The van der Waals surface area contributed by atoms with Crippen LogP contribution in [-0.4, -0.2) is 4.98 Å². The molecule has 1 nitrogen and oxygen atoms in total. The molecule has 5 aromatic rings. The van der Waals surface area contributed by atoms with Crippen molar-refractivity contribution in [1.29, 1.82) is 0 Å². The first-order chi connectivity index (χ1) is 14.3. The van der Waals surface area contributed by atoms with Crippen LogP contribution in [0.5, 0.6) is 0 Å². The normalized spacial score (nSPS) is 10.9. The van der Waals surface area contributed by atoms with Gasteiger partial charge < -0.3 is 0 Å². The number of rotatable bonds is 3. The molecule has 1 heterocycles. The molecule has 0 amide bonds. The van der Waals surface area contributed by atoms with Crippen molar-refractivity contribution in [3.8, 4) is 33.5 Å². The summed E-state index contributed by atoms with van der Waals surface area (Å²) in [5.41, 5.74) is 8.04. The van der Waals surface area contributed by atoms with E-state index in [0.29, 0.717) is 0 Å². The van der Waals surface area contributed by atoms with Gasteiger partial charge in [-0.1, -0.05) is 103 Å². The first-order valence-electron chi connectivity index (χ1n) is 9.92. The van der Waals surface area contributed by atoms with Crippen molar-refractivity contribution < 1.29 is 0 Å². The summed E-state index contributed by atoms with van der Waals surface area (Å²) in [5, 5.41) is 2.46. The SMILES string of the molecule is Cc1nc(-c2cccc3ccccc23)cc(-c2ccccc2)c1-c1ccccc1. The molecule has 0 N–H and O–H groups in total. The van der Waals surface area contributed by atoms with Crippen molar-refractivity contribution in [2.24, 2.45) is 0 Å². The van der Waals surface area contributed by atoms with Gasteiger partial charge in [0.2, 0.25) is 0 Å². The highest BCUT2D eigenvalue weighted by atomic mass is 14.7. The fraction of sp³-hybridized carbons (Fsp3) is 0.0357. The van der Waals surface area contributed by atoms with E-state index in [-0.39, 0.29) is 0 Å². The second-order valence-electron chi connectivity index (χ2n) is 7.27. The number of fused-ring (bicyclic) bond motifs is 1. The Balaban J connectivity index is 1.81. The Morgan fingerprint density at radius 3 is 1.93 bits per heavy atom. The minimum absolute atomic E-state index is 1.01. The van der Waals surface area contributed by atoms with Gasteiger partial charge in [0.05, 0.1) is 5.69 Å². The number of nitrogens with zero attached hydrogens (tertiary/aromatic N) is 1. The molecule has 0 unspecified atom stereocenters. The van der Waals surface area contributed by atoms with Crippen LogP contribution < -0.4 is 0 Å². The van der Waals surface area contributed by atoms with Crippen molar-refractivity contribution in [3.63, 3.8) is 0 Å². The quantitative estimate of drug-likeness (QED) is 0.319. The molecule has 0 spiro atoms. The Kier molecular flexibility index (Phi) is 4.42. The Bertz CT molecular complexity index is 1280. The standard InChI is InChI=1S/C28H21N/c1-20-28(23-14-6-3-7-15-23)26(22-11-4-2-5-12-22)19-27(29-20)25-18-10-16-21-13-8-9-17-24(21)25/h2-19H,1H3. The van der Waals surface area contributed by atoms with E-state index in [0.717, 1.165) is 11.4 Å². The zero-order valence-corrected chi connectivity index (χ0v) is 16.3. The number of hydrogen-bond donors (Lipinski definition) is 0. The van der Waals surface area contributed by atoms with Gasteiger partial charge in [0.1, 0.15) is 0 Å². The molecule has 0 bridgehead atoms. The van der Waals surface area contributed by atoms with Crippen molar-refractivity contribution >= 4 is 10.8 Å². The third-order valence-electron chi connectivity index (χ3n) is 5.41. The molecule has 138 valence electrons. The molecule has 0 fully saturated rings. The number of hydrogen-bond acceptors (Lipinski definition) is 1. The lowest BCUT2D eigenvalue weighted by molar-refractivity contribution is 1.21. The van der Waals surface area contributed by atoms with Gasteiger partial charge in [0.25, 0.3) is 0 Å². The summed E-state index contributed by atoms with van der Waals surface area (Å²) >= 11 is 0. The van der Waals surface area contributed by atoms with Crippen molar-refractivity contribution in [3.05, 3.63) is 115 Å². The zero-order chi connectivity index (χ0) is 19.6. The molecule has 0 aliphatic carbocycles. The van der Waals surface area contributed by atoms with Gasteiger partial charge in [-0.15, -0.1) is 0 Å². The Morgan fingerprint density at radius 1 is 0.552 bits per heavy atom. The molecule has 0 aliphatic rings. The molecule has 1 heteroatoms. The van der Waals surface area contributed by atoms with E-state index in [1.54, 1.807) is 0 Å². The Morgan fingerprint density at radius 2 is 1.17 bits per heavy atom. The van der Waals surface area contributed by atoms with Crippen molar-refractivity contribution in [2.75, 3.05) is 0 Å². The minimum atomic E-state index is 1.01. The summed E-state index contributed by atoms with van der Waals surface area (Å²) in [5.74, 6) is 0. The van der Waals surface area contributed by atoms with Crippen LogP contribution >= 0.6 is 0 Å². The molecule has 5 rings (SSSR count). The summed E-state index contributed by atoms with van der Waals surface area (Å²) in [6, 6.07) is 38.3. The molecule has 4 aromatic carbocycles. The highest BCUT2D eigenvalue weighted by molar-refractivity contribution is 5.97. The molecular weight excluding hydrogens is 350 g/mol. The van der Waals surface area contributed by atoms with Crippen molar-refractivity contribution in [1.82, 2.24) is 4.98 Å². The number of aryl methyl sites for hydroxylation is 1. The first kappa shape index (κ1) is 17.4. The summed E-state index contributed by atoms with van der Waals surface area (Å²) in [4.78, 5) is 5.06. The third-order valence-corrected chi connectivity index (χ3v) is 5.41. The number of pyridine rings is 1. The fourth-order valence-corrected chi connectivity index (χ4v) is 4.07. The van der Waals surface area contributed by atoms with Gasteiger partial charge >= 0.3 is 0 Å². The predicted octanol–water partition coefficient (Wildman–Crippen LogP) is 7.54. The maximum absolute atomic E-state index is 5.06. The lowest BCUT2D eigenvalue weighted by Gasteiger charge is -2.16. The molecule has 0 atom stereocenters. The van der Waals surface area contributed by atoms with E-state index < -0.39 is 0 Å². The minimum Gasteiger partial charge on any atom is -0.252 e. The van der Waals surface area contributed by atoms with Crippen LogP contribution in [0.15, 0.2) is 109 Å². The first-order valence-corrected chi connectivity index (χ1v) is 9.92. The smallest absolute Gasteiger partial charge is 0.0718 e. The maximum atomic E-state index is 5.06. The average molecular weight is 371 g/mol. The monoisotopic (exact) mass is 371 g/mol. The molecular formula is C28H21N. The third kappa shape index (κ3) is 3.21. The number of aromatic nitrogens is 1. The second kappa shape index (κ2) is 7.37. The Hall–Kier alpha value is -3.71. The molecule has 0 saturated heterocycles. The van der Waals surface area contributed by atoms with Crippen LogP contribution in [-0.2, 0) is 0 Å². The van der Waals surface area contributed by atoms with Crippen LogP contribution in [0.3, 0.4) is 0 Å². The van der Waals surface area contributed by atoms with E-state index >= 15 is 0 Å². The van der Waals surface area contributed by atoms with E-state index in [1.807, 2.05) is 0 Å². The number of benzene rings is 4. The molecule has 29 heavy (non-hydrogen) atoms.